The third-order valence-corrected chi connectivity index (χ3v) is 4.58. The Labute approximate surface area is 137 Å². The number of aliphatic hydroxyl groups is 1. The number of nitrogens with one attached hydrogen (secondary N) is 1. The van der Waals surface area contributed by atoms with Crippen LogP contribution >= 0.6 is 0 Å². The summed E-state index contributed by atoms with van der Waals surface area (Å²) in [6.07, 6.45) is 5.09. The summed E-state index contributed by atoms with van der Waals surface area (Å²) in [6.45, 7) is 7.08. The summed E-state index contributed by atoms with van der Waals surface area (Å²) < 4.78 is 0. The van der Waals surface area contributed by atoms with Crippen molar-refractivity contribution in [3.05, 3.63) is 23.7 Å². The summed E-state index contributed by atoms with van der Waals surface area (Å²) in [5, 5.41) is 13.9. The van der Waals surface area contributed by atoms with E-state index in [0.717, 1.165) is 54.2 Å². The predicted octanol–water partition coefficient (Wildman–Crippen LogP) is 1.90. The molecule has 0 bridgehead atoms. The Morgan fingerprint density at radius 1 is 1.30 bits per heavy atom. The van der Waals surface area contributed by atoms with Crippen LogP contribution in [-0.4, -0.2) is 57.2 Å². The molecule has 2 aromatic heterocycles. The van der Waals surface area contributed by atoms with E-state index in [-0.39, 0.29) is 6.61 Å². The van der Waals surface area contributed by atoms with Crippen LogP contribution < -0.4 is 5.32 Å². The van der Waals surface area contributed by atoms with Crippen molar-refractivity contribution in [1.29, 1.82) is 0 Å². The van der Waals surface area contributed by atoms with Crippen LogP contribution in [-0.2, 0) is 0 Å². The van der Waals surface area contributed by atoms with Gasteiger partial charge in [-0.15, -0.1) is 0 Å². The van der Waals surface area contributed by atoms with E-state index >= 15 is 0 Å². The molecular weight excluding hydrogens is 290 g/mol. The highest BCUT2D eigenvalue weighted by Gasteiger charge is 2.21. The average Bonchev–Trinajstić information content (AvgIpc) is 2.55. The Hall–Kier alpha value is -1.79. The standard InChI is InChI=1S/C17H25N5O/c1-12-9-13(2)21-17-15(12)16(19-11-20-17)18-6-8-22-7-4-3-5-14(22)10-23/h9,11,14,23H,3-8,10H2,1-2H3,(H,18,19,20,21)/t14-/m1/s1. The zero-order valence-electron chi connectivity index (χ0n) is 13.9. The number of fused-ring (bicyclic) bond motifs is 1. The molecule has 0 unspecified atom stereocenters. The molecular formula is C17H25N5O. The molecule has 3 heterocycles. The third kappa shape index (κ3) is 3.59. The van der Waals surface area contributed by atoms with Gasteiger partial charge in [0.1, 0.15) is 12.1 Å². The highest BCUT2D eigenvalue weighted by Crippen LogP contribution is 2.22. The molecule has 0 amide bonds. The number of aliphatic hydroxyl groups excluding tert-OH is 1. The van der Waals surface area contributed by atoms with E-state index in [1.807, 2.05) is 6.92 Å². The average molecular weight is 315 g/mol. The molecule has 2 aromatic rings. The molecule has 1 atom stereocenters. The lowest BCUT2D eigenvalue weighted by Crippen LogP contribution is -2.44. The molecule has 6 heteroatoms. The number of aryl methyl sites for hydroxylation is 2. The molecule has 1 aliphatic heterocycles. The first-order chi connectivity index (χ1) is 11.2. The maximum atomic E-state index is 9.49. The largest absolute Gasteiger partial charge is 0.395 e. The molecule has 0 radical (unpaired) electrons. The molecule has 0 spiro atoms. The molecule has 1 fully saturated rings. The smallest absolute Gasteiger partial charge is 0.165 e. The van der Waals surface area contributed by atoms with Gasteiger partial charge < -0.3 is 10.4 Å². The van der Waals surface area contributed by atoms with Gasteiger partial charge in [0, 0.05) is 24.8 Å². The molecule has 6 nitrogen and oxygen atoms in total. The number of aromatic nitrogens is 3. The van der Waals surface area contributed by atoms with Crippen LogP contribution in [0.1, 0.15) is 30.5 Å². The van der Waals surface area contributed by atoms with Crippen molar-refractivity contribution in [3.8, 4) is 0 Å². The SMILES string of the molecule is Cc1cc(C)c2c(NCCN3CCCC[C@@H]3CO)ncnc2n1. The maximum Gasteiger partial charge on any atom is 0.165 e. The molecule has 1 aliphatic rings. The molecule has 1 saturated heterocycles. The summed E-state index contributed by atoms with van der Waals surface area (Å²) in [5.74, 6) is 0.845. The molecule has 124 valence electrons. The van der Waals surface area contributed by atoms with Crippen molar-refractivity contribution >= 4 is 16.9 Å². The second-order valence-corrected chi connectivity index (χ2v) is 6.30. The zero-order valence-corrected chi connectivity index (χ0v) is 13.9. The second kappa shape index (κ2) is 7.19. The van der Waals surface area contributed by atoms with Crippen molar-refractivity contribution in [2.45, 2.75) is 39.2 Å². The van der Waals surface area contributed by atoms with Gasteiger partial charge in [0.2, 0.25) is 0 Å². The van der Waals surface area contributed by atoms with Crippen LogP contribution in [0.4, 0.5) is 5.82 Å². The first-order valence-corrected chi connectivity index (χ1v) is 8.37. The number of anilines is 1. The van der Waals surface area contributed by atoms with Crippen LogP contribution in [0.15, 0.2) is 12.4 Å². The van der Waals surface area contributed by atoms with Crippen LogP contribution in [0.2, 0.25) is 0 Å². The van der Waals surface area contributed by atoms with Gasteiger partial charge in [-0.2, -0.15) is 0 Å². The highest BCUT2D eigenvalue weighted by molar-refractivity contribution is 5.89. The number of hydrogen-bond acceptors (Lipinski definition) is 6. The summed E-state index contributed by atoms with van der Waals surface area (Å²) >= 11 is 0. The van der Waals surface area contributed by atoms with E-state index in [1.165, 1.54) is 12.8 Å². The van der Waals surface area contributed by atoms with E-state index in [4.69, 9.17) is 0 Å². The van der Waals surface area contributed by atoms with Crippen LogP contribution in [0.5, 0.6) is 0 Å². The minimum atomic E-state index is 0.249. The predicted molar refractivity (Wildman–Crippen MR) is 91.6 cm³/mol. The van der Waals surface area contributed by atoms with Gasteiger partial charge in [-0.05, 0) is 44.9 Å². The lowest BCUT2D eigenvalue weighted by atomic mass is 10.0. The second-order valence-electron chi connectivity index (χ2n) is 6.30. The fourth-order valence-electron chi connectivity index (χ4n) is 3.42. The summed E-state index contributed by atoms with van der Waals surface area (Å²) in [6, 6.07) is 2.36. The van der Waals surface area contributed by atoms with Crippen molar-refractivity contribution in [1.82, 2.24) is 19.9 Å². The van der Waals surface area contributed by atoms with Crippen molar-refractivity contribution < 1.29 is 5.11 Å². The number of rotatable bonds is 5. The topological polar surface area (TPSA) is 74.2 Å². The lowest BCUT2D eigenvalue weighted by molar-refractivity contribution is 0.0940. The minimum absolute atomic E-state index is 0.249. The molecule has 3 rings (SSSR count). The number of nitrogens with zero attached hydrogens (tertiary/aromatic N) is 4. The van der Waals surface area contributed by atoms with E-state index in [1.54, 1.807) is 6.33 Å². The quantitative estimate of drug-likeness (QED) is 0.878. The van der Waals surface area contributed by atoms with Crippen molar-refractivity contribution in [2.24, 2.45) is 0 Å². The fourth-order valence-corrected chi connectivity index (χ4v) is 3.42. The molecule has 0 saturated carbocycles. The number of pyridine rings is 1. The number of piperidine rings is 1. The molecule has 23 heavy (non-hydrogen) atoms. The Balaban J connectivity index is 1.70. The van der Waals surface area contributed by atoms with Crippen LogP contribution in [0.25, 0.3) is 11.0 Å². The van der Waals surface area contributed by atoms with Gasteiger partial charge in [0.25, 0.3) is 0 Å². The Morgan fingerprint density at radius 2 is 2.17 bits per heavy atom. The van der Waals surface area contributed by atoms with E-state index in [9.17, 15) is 5.11 Å². The van der Waals surface area contributed by atoms with Crippen LogP contribution in [0.3, 0.4) is 0 Å². The van der Waals surface area contributed by atoms with Gasteiger partial charge in [-0.25, -0.2) is 15.0 Å². The van der Waals surface area contributed by atoms with Gasteiger partial charge in [0.05, 0.1) is 12.0 Å². The van der Waals surface area contributed by atoms with Gasteiger partial charge in [-0.1, -0.05) is 6.42 Å². The Kier molecular flexibility index (Phi) is 5.03. The van der Waals surface area contributed by atoms with Crippen molar-refractivity contribution in [3.63, 3.8) is 0 Å². The molecule has 0 aromatic carbocycles. The fraction of sp³-hybridized carbons (Fsp3) is 0.588. The lowest BCUT2D eigenvalue weighted by Gasteiger charge is -2.34. The van der Waals surface area contributed by atoms with Crippen LogP contribution in [0, 0.1) is 13.8 Å². The monoisotopic (exact) mass is 315 g/mol. The van der Waals surface area contributed by atoms with Crippen molar-refractivity contribution in [2.75, 3.05) is 31.6 Å². The first-order valence-electron chi connectivity index (χ1n) is 8.37. The van der Waals surface area contributed by atoms with E-state index in [0.29, 0.717) is 6.04 Å². The Morgan fingerprint density at radius 3 is 3.00 bits per heavy atom. The van der Waals surface area contributed by atoms with Gasteiger partial charge in [0.15, 0.2) is 5.65 Å². The number of hydrogen-bond donors (Lipinski definition) is 2. The first kappa shape index (κ1) is 16.1. The van der Waals surface area contributed by atoms with Gasteiger partial charge in [-0.3, -0.25) is 4.90 Å². The molecule has 0 aliphatic carbocycles. The molecule has 2 N–H and O–H groups in total. The highest BCUT2D eigenvalue weighted by atomic mass is 16.3. The van der Waals surface area contributed by atoms with E-state index in [2.05, 4.69) is 38.2 Å². The summed E-state index contributed by atoms with van der Waals surface area (Å²) in [7, 11) is 0. The minimum Gasteiger partial charge on any atom is -0.395 e. The summed E-state index contributed by atoms with van der Waals surface area (Å²) in [5.41, 5.74) is 2.85. The van der Waals surface area contributed by atoms with E-state index < -0.39 is 0 Å². The maximum absolute atomic E-state index is 9.49. The zero-order chi connectivity index (χ0) is 16.2. The number of likely N-dealkylation sites (tertiary alicyclic amines) is 1. The summed E-state index contributed by atoms with van der Waals surface area (Å²) in [4.78, 5) is 15.5. The Bertz CT molecular complexity index is 675. The normalized spacial score (nSPS) is 19.2. The third-order valence-electron chi connectivity index (χ3n) is 4.58. The van der Waals surface area contributed by atoms with Gasteiger partial charge >= 0.3 is 0 Å².